The van der Waals surface area contributed by atoms with Crippen molar-refractivity contribution in [1.82, 2.24) is 20.6 Å². The van der Waals surface area contributed by atoms with Crippen molar-refractivity contribution in [3.8, 4) is 0 Å². The summed E-state index contributed by atoms with van der Waals surface area (Å²) in [7, 11) is 0. The molecule has 1 amide bonds. The Hall–Kier alpha value is -1.46. The summed E-state index contributed by atoms with van der Waals surface area (Å²) in [6.45, 7) is 0. The smallest absolute Gasteiger partial charge is 0.269 e. The molecule has 1 aliphatic carbocycles. The SMILES string of the molecule is O=C(Nc1nn[nH]n1)C1CCCC1. The minimum absolute atomic E-state index is 0.0129. The molecular weight excluding hydrogens is 170 g/mol. The number of nitrogens with zero attached hydrogens (tertiary/aromatic N) is 3. The van der Waals surface area contributed by atoms with Crippen molar-refractivity contribution in [1.29, 1.82) is 0 Å². The molecule has 0 unspecified atom stereocenters. The molecule has 6 nitrogen and oxygen atoms in total. The van der Waals surface area contributed by atoms with Crippen molar-refractivity contribution >= 4 is 11.9 Å². The Bertz CT molecular complexity index is 277. The number of aromatic amines is 1. The summed E-state index contributed by atoms with van der Waals surface area (Å²) in [5, 5.41) is 15.5. The Morgan fingerprint density at radius 3 is 2.85 bits per heavy atom. The predicted octanol–water partition coefficient (Wildman–Crippen LogP) is 0.328. The molecular formula is C7H11N5O. The van der Waals surface area contributed by atoms with Gasteiger partial charge in [0.15, 0.2) is 0 Å². The first-order valence-electron chi connectivity index (χ1n) is 4.40. The molecule has 0 aliphatic heterocycles. The van der Waals surface area contributed by atoms with Gasteiger partial charge in [-0.05, 0) is 18.1 Å². The van der Waals surface area contributed by atoms with E-state index in [-0.39, 0.29) is 17.8 Å². The van der Waals surface area contributed by atoms with Crippen LogP contribution in [0.2, 0.25) is 0 Å². The Kier molecular flexibility index (Phi) is 2.20. The standard InChI is InChI=1S/C7H11N5O/c13-6(5-3-1-2-4-5)8-7-9-11-12-10-7/h5H,1-4H2,(H2,8,9,10,11,12,13). The number of rotatable bonds is 2. The van der Waals surface area contributed by atoms with Gasteiger partial charge in [-0.15, -0.1) is 5.10 Å². The highest BCUT2D eigenvalue weighted by molar-refractivity contribution is 5.90. The van der Waals surface area contributed by atoms with E-state index in [0.717, 1.165) is 25.7 Å². The lowest BCUT2D eigenvalue weighted by Crippen LogP contribution is -2.20. The molecule has 2 N–H and O–H groups in total. The monoisotopic (exact) mass is 181 g/mol. The maximum atomic E-state index is 11.5. The van der Waals surface area contributed by atoms with Crippen LogP contribution >= 0.6 is 0 Å². The summed E-state index contributed by atoms with van der Waals surface area (Å²) in [6, 6.07) is 0. The fourth-order valence-corrected chi connectivity index (χ4v) is 1.62. The maximum absolute atomic E-state index is 11.5. The molecule has 2 rings (SSSR count). The Balaban J connectivity index is 1.91. The molecule has 0 atom stereocenters. The Morgan fingerprint density at radius 1 is 1.46 bits per heavy atom. The van der Waals surface area contributed by atoms with Crippen LogP contribution in [0.5, 0.6) is 0 Å². The van der Waals surface area contributed by atoms with Crippen molar-refractivity contribution in [3.05, 3.63) is 0 Å². The third-order valence-corrected chi connectivity index (χ3v) is 2.31. The minimum atomic E-state index is 0.0129. The van der Waals surface area contributed by atoms with E-state index < -0.39 is 0 Å². The van der Waals surface area contributed by atoms with Crippen molar-refractivity contribution in [2.45, 2.75) is 25.7 Å². The molecule has 0 radical (unpaired) electrons. The van der Waals surface area contributed by atoms with E-state index in [0.29, 0.717) is 0 Å². The van der Waals surface area contributed by atoms with Gasteiger partial charge in [-0.3, -0.25) is 10.1 Å². The molecule has 13 heavy (non-hydrogen) atoms. The first-order valence-corrected chi connectivity index (χ1v) is 4.40. The average Bonchev–Trinajstić information content (AvgIpc) is 2.74. The fraction of sp³-hybridized carbons (Fsp3) is 0.714. The number of carbonyl (C=O) groups excluding carboxylic acids is 1. The number of amides is 1. The summed E-state index contributed by atoms with van der Waals surface area (Å²) >= 11 is 0. The van der Waals surface area contributed by atoms with E-state index in [4.69, 9.17) is 0 Å². The van der Waals surface area contributed by atoms with Crippen LogP contribution in [0, 0.1) is 5.92 Å². The van der Waals surface area contributed by atoms with Gasteiger partial charge in [0.1, 0.15) is 0 Å². The number of carbonyl (C=O) groups is 1. The van der Waals surface area contributed by atoms with Gasteiger partial charge in [0, 0.05) is 5.92 Å². The minimum Gasteiger partial charge on any atom is -0.292 e. The topological polar surface area (TPSA) is 83.6 Å². The lowest BCUT2D eigenvalue weighted by Gasteiger charge is -2.05. The lowest BCUT2D eigenvalue weighted by molar-refractivity contribution is -0.119. The second-order valence-electron chi connectivity index (χ2n) is 3.21. The molecule has 0 spiro atoms. The number of hydrogen-bond acceptors (Lipinski definition) is 4. The number of nitrogens with one attached hydrogen (secondary N) is 2. The molecule has 1 heterocycles. The van der Waals surface area contributed by atoms with Gasteiger partial charge in [0.25, 0.3) is 5.95 Å². The van der Waals surface area contributed by atoms with Gasteiger partial charge in [-0.1, -0.05) is 17.9 Å². The third-order valence-electron chi connectivity index (χ3n) is 2.31. The summed E-state index contributed by atoms with van der Waals surface area (Å²) in [5.74, 6) is 0.411. The van der Waals surface area contributed by atoms with Crippen molar-refractivity contribution in [2.75, 3.05) is 5.32 Å². The molecule has 70 valence electrons. The van der Waals surface area contributed by atoms with Gasteiger partial charge in [0.05, 0.1) is 0 Å². The van der Waals surface area contributed by atoms with Crippen LogP contribution in [-0.4, -0.2) is 26.5 Å². The highest BCUT2D eigenvalue weighted by Gasteiger charge is 2.23. The average molecular weight is 181 g/mol. The van der Waals surface area contributed by atoms with Crippen LogP contribution in [0.1, 0.15) is 25.7 Å². The number of H-pyrrole nitrogens is 1. The Morgan fingerprint density at radius 2 is 2.23 bits per heavy atom. The second kappa shape index (κ2) is 3.51. The quantitative estimate of drug-likeness (QED) is 0.688. The van der Waals surface area contributed by atoms with Crippen LogP contribution in [-0.2, 0) is 4.79 Å². The van der Waals surface area contributed by atoms with Gasteiger partial charge in [-0.25, -0.2) is 0 Å². The predicted molar refractivity (Wildman–Crippen MR) is 44.8 cm³/mol. The summed E-state index contributed by atoms with van der Waals surface area (Å²) in [4.78, 5) is 11.5. The normalized spacial score (nSPS) is 17.5. The van der Waals surface area contributed by atoms with Crippen molar-refractivity contribution < 1.29 is 4.79 Å². The van der Waals surface area contributed by atoms with Crippen LogP contribution in [0.25, 0.3) is 0 Å². The first-order chi connectivity index (χ1) is 6.36. The maximum Gasteiger partial charge on any atom is 0.269 e. The molecule has 1 aliphatic rings. The number of anilines is 1. The largest absolute Gasteiger partial charge is 0.292 e. The van der Waals surface area contributed by atoms with E-state index in [9.17, 15) is 4.79 Å². The van der Waals surface area contributed by atoms with E-state index >= 15 is 0 Å². The molecule has 1 fully saturated rings. The first kappa shape index (κ1) is 8.15. The van der Waals surface area contributed by atoms with Gasteiger partial charge in [-0.2, -0.15) is 5.21 Å². The molecule has 1 aromatic heterocycles. The lowest BCUT2D eigenvalue weighted by atomic mass is 10.1. The summed E-state index contributed by atoms with van der Waals surface area (Å²) in [6.07, 6.45) is 4.24. The van der Waals surface area contributed by atoms with Gasteiger partial charge < -0.3 is 0 Å². The zero-order valence-electron chi connectivity index (χ0n) is 7.16. The van der Waals surface area contributed by atoms with Gasteiger partial charge in [0.2, 0.25) is 5.91 Å². The highest BCUT2D eigenvalue weighted by atomic mass is 16.2. The third kappa shape index (κ3) is 1.82. The molecule has 0 saturated heterocycles. The van der Waals surface area contributed by atoms with Crippen LogP contribution in [0.15, 0.2) is 0 Å². The van der Waals surface area contributed by atoms with E-state index in [1.54, 1.807) is 0 Å². The van der Waals surface area contributed by atoms with Crippen LogP contribution < -0.4 is 5.32 Å². The van der Waals surface area contributed by atoms with E-state index in [1.807, 2.05) is 0 Å². The van der Waals surface area contributed by atoms with Crippen molar-refractivity contribution in [2.24, 2.45) is 5.92 Å². The Labute approximate surface area is 75.1 Å². The second-order valence-corrected chi connectivity index (χ2v) is 3.21. The molecule has 0 bridgehead atoms. The summed E-state index contributed by atoms with van der Waals surface area (Å²) < 4.78 is 0. The molecule has 1 aromatic rings. The van der Waals surface area contributed by atoms with Crippen LogP contribution in [0.3, 0.4) is 0 Å². The zero-order chi connectivity index (χ0) is 9.10. The zero-order valence-corrected chi connectivity index (χ0v) is 7.16. The number of aromatic nitrogens is 4. The summed E-state index contributed by atoms with van der Waals surface area (Å²) in [5.41, 5.74) is 0. The van der Waals surface area contributed by atoms with Gasteiger partial charge >= 0.3 is 0 Å². The van der Waals surface area contributed by atoms with Crippen LogP contribution in [0.4, 0.5) is 5.95 Å². The highest BCUT2D eigenvalue weighted by Crippen LogP contribution is 2.25. The van der Waals surface area contributed by atoms with E-state index in [1.165, 1.54) is 0 Å². The number of hydrogen-bond donors (Lipinski definition) is 2. The molecule has 6 heteroatoms. The molecule has 0 aromatic carbocycles. The molecule has 1 saturated carbocycles. The number of tetrazole rings is 1. The van der Waals surface area contributed by atoms with E-state index in [2.05, 4.69) is 25.9 Å². The van der Waals surface area contributed by atoms with Crippen molar-refractivity contribution in [3.63, 3.8) is 0 Å². The fourth-order valence-electron chi connectivity index (χ4n) is 1.62.